The number of ether oxygens (including phenoxy) is 2. The number of morpholine rings is 1. The zero-order chi connectivity index (χ0) is 19.6. The van der Waals surface area contributed by atoms with Crippen LogP contribution in [0.4, 0.5) is 14.6 Å². The Balaban J connectivity index is 2.17. The number of carbonyl (C=O) groups is 1. The summed E-state index contributed by atoms with van der Waals surface area (Å²) in [7, 11) is 1.11. The van der Waals surface area contributed by atoms with Crippen LogP contribution in [0, 0.1) is 11.6 Å². The van der Waals surface area contributed by atoms with Gasteiger partial charge in [-0.15, -0.1) is 0 Å². The van der Waals surface area contributed by atoms with Crippen molar-refractivity contribution in [3.63, 3.8) is 0 Å². The summed E-state index contributed by atoms with van der Waals surface area (Å²) >= 11 is 0. The number of carbonyl (C=O) groups excluding carboxylic acids is 1. The number of nitrogens with two attached hydrogens (primary N) is 1. The van der Waals surface area contributed by atoms with Gasteiger partial charge in [-0.3, -0.25) is 14.2 Å². The second kappa shape index (κ2) is 7.70. The number of primary amides is 1. The minimum absolute atomic E-state index is 0.0518. The van der Waals surface area contributed by atoms with Crippen LogP contribution in [0.25, 0.3) is 5.69 Å². The molecule has 0 bridgehead atoms. The highest BCUT2D eigenvalue weighted by Gasteiger charge is 2.22. The van der Waals surface area contributed by atoms with Gasteiger partial charge in [-0.1, -0.05) is 0 Å². The molecule has 1 aromatic heterocycles. The average Bonchev–Trinajstić information content (AvgIpc) is 2.63. The average molecular weight is 380 g/mol. The van der Waals surface area contributed by atoms with Crippen molar-refractivity contribution >= 4 is 11.7 Å². The lowest BCUT2D eigenvalue weighted by Gasteiger charge is -2.28. The first kappa shape index (κ1) is 18.8. The van der Waals surface area contributed by atoms with Crippen molar-refractivity contribution in [2.45, 2.75) is 6.42 Å². The van der Waals surface area contributed by atoms with E-state index in [2.05, 4.69) is 4.98 Å². The van der Waals surface area contributed by atoms with E-state index >= 15 is 0 Å². The molecule has 3 rings (SSSR count). The summed E-state index contributed by atoms with van der Waals surface area (Å²) in [6.07, 6.45) is -0.396. The lowest BCUT2D eigenvalue weighted by molar-refractivity contribution is -0.117. The number of methoxy groups -OCH3 is 1. The van der Waals surface area contributed by atoms with Crippen LogP contribution in [0.1, 0.15) is 5.82 Å². The minimum Gasteiger partial charge on any atom is -0.491 e. The van der Waals surface area contributed by atoms with E-state index < -0.39 is 35.3 Å². The number of aromatic nitrogens is 2. The summed E-state index contributed by atoms with van der Waals surface area (Å²) < 4.78 is 39.3. The van der Waals surface area contributed by atoms with E-state index in [1.54, 1.807) is 0 Å². The largest absolute Gasteiger partial charge is 0.491 e. The third-order valence-corrected chi connectivity index (χ3v) is 4.12. The predicted octanol–water partition coefficient (Wildman–Crippen LogP) is 0.384. The van der Waals surface area contributed by atoms with Crippen molar-refractivity contribution in [3.8, 4) is 11.4 Å². The Morgan fingerprint density at radius 3 is 2.67 bits per heavy atom. The van der Waals surface area contributed by atoms with E-state index in [0.29, 0.717) is 32.1 Å². The Kier molecular flexibility index (Phi) is 5.36. The molecule has 0 saturated carbocycles. The van der Waals surface area contributed by atoms with Gasteiger partial charge in [-0.2, -0.15) is 0 Å². The third-order valence-electron chi connectivity index (χ3n) is 4.12. The molecule has 1 aliphatic heterocycles. The van der Waals surface area contributed by atoms with Crippen LogP contribution in [-0.4, -0.2) is 48.9 Å². The Morgan fingerprint density at radius 1 is 1.33 bits per heavy atom. The number of halogens is 2. The highest BCUT2D eigenvalue weighted by molar-refractivity contribution is 5.76. The summed E-state index contributed by atoms with van der Waals surface area (Å²) in [4.78, 5) is 30.3. The second-order valence-corrected chi connectivity index (χ2v) is 5.86. The first-order chi connectivity index (χ1) is 12.9. The maximum atomic E-state index is 14.7. The maximum Gasteiger partial charge on any atom is 0.260 e. The fourth-order valence-corrected chi connectivity index (χ4v) is 2.89. The van der Waals surface area contributed by atoms with Gasteiger partial charge in [0.25, 0.3) is 5.56 Å². The molecule has 1 aliphatic rings. The van der Waals surface area contributed by atoms with E-state index in [9.17, 15) is 18.4 Å². The molecule has 1 amide bonds. The van der Waals surface area contributed by atoms with Gasteiger partial charge >= 0.3 is 0 Å². The van der Waals surface area contributed by atoms with Crippen LogP contribution in [-0.2, 0) is 16.0 Å². The van der Waals surface area contributed by atoms with Crippen LogP contribution < -0.4 is 20.9 Å². The second-order valence-electron chi connectivity index (χ2n) is 5.86. The summed E-state index contributed by atoms with van der Waals surface area (Å²) in [6.45, 7) is 1.98. The van der Waals surface area contributed by atoms with Gasteiger partial charge < -0.3 is 20.1 Å². The molecule has 0 unspecified atom stereocenters. The topological polar surface area (TPSA) is 99.7 Å². The Bertz CT molecular complexity index is 926. The molecule has 2 aromatic rings. The monoisotopic (exact) mass is 380 g/mol. The Labute approximate surface area is 153 Å². The molecule has 0 radical (unpaired) electrons. The molecule has 2 N–H and O–H groups in total. The lowest BCUT2D eigenvalue weighted by Crippen LogP contribution is -2.38. The van der Waals surface area contributed by atoms with Crippen molar-refractivity contribution in [1.82, 2.24) is 9.55 Å². The number of nitrogens with zero attached hydrogens (tertiary/aromatic N) is 3. The van der Waals surface area contributed by atoms with E-state index in [1.807, 2.05) is 4.90 Å². The van der Waals surface area contributed by atoms with Gasteiger partial charge in [0.15, 0.2) is 17.4 Å². The van der Waals surface area contributed by atoms with Crippen molar-refractivity contribution in [1.29, 1.82) is 0 Å². The van der Waals surface area contributed by atoms with E-state index in [4.69, 9.17) is 15.2 Å². The van der Waals surface area contributed by atoms with E-state index in [-0.39, 0.29) is 11.5 Å². The highest BCUT2D eigenvalue weighted by Crippen LogP contribution is 2.27. The summed E-state index contributed by atoms with van der Waals surface area (Å²) in [5.74, 6) is -3.09. The molecule has 1 fully saturated rings. The molecular formula is C17H18F2N4O4. The molecule has 2 heterocycles. The van der Waals surface area contributed by atoms with Gasteiger partial charge in [0.2, 0.25) is 5.91 Å². The van der Waals surface area contributed by atoms with Crippen molar-refractivity contribution < 1.29 is 23.0 Å². The number of rotatable bonds is 5. The molecule has 8 nitrogen and oxygen atoms in total. The number of amides is 1. The van der Waals surface area contributed by atoms with E-state index in [0.717, 1.165) is 23.8 Å². The quantitative estimate of drug-likeness (QED) is 0.805. The van der Waals surface area contributed by atoms with Crippen LogP contribution in [0.15, 0.2) is 23.0 Å². The number of hydrogen-bond donors (Lipinski definition) is 1. The van der Waals surface area contributed by atoms with Gasteiger partial charge in [0.1, 0.15) is 11.6 Å². The molecule has 0 aliphatic carbocycles. The third kappa shape index (κ3) is 3.75. The first-order valence-corrected chi connectivity index (χ1v) is 8.18. The summed E-state index contributed by atoms with van der Waals surface area (Å²) in [5, 5.41) is 0. The zero-order valence-corrected chi connectivity index (χ0v) is 14.6. The van der Waals surface area contributed by atoms with Crippen LogP contribution in [0.5, 0.6) is 5.75 Å². The zero-order valence-electron chi connectivity index (χ0n) is 14.6. The van der Waals surface area contributed by atoms with E-state index in [1.165, 1.54) is 6.07 Å². The first-order valence-electron chi connectivity index (χ1n) is 8.18. The lowest BCUT2D eigenvalue weighted by atomic mass is 10.2. The highest BCUT2D eigenvalue weighted by atomic mass is 19.1. The number of benzene rings is 1. The van der Waals surface area contributed by atoms with Gasteiger partial charge in [-0.25, -0.2) is 13.8 Å². The molecule has 144 valence electrons. The molecular weight excluding hydrogens is 362 g/mol. The minimum atomic E-state index is -1.08. The van der Waals surface area contributed by atoms with Crippen LogP contribution >= 0.6 is 0 Å². The fraction of sp³-hybridized carbons (Fsp3) is 0.353. The van der Waals surface area contributed by atoms with Crippen LogP contribution in [0.3, 0.4) is 0 Å². The Morgan fingerprint density at radius 2 is 2.04 bits per heavy atom. The fourth-order valence-electron chi connectivity index (χ4n) is 2.89. The van der Waals surface area contributed by atoms with Crippen molar-refractivity contribution in [2.24, 2.45) is 5.73 Å². The number of hydrogen-bond acceptors (Lipinski definition) is 6. The SMILES string of the molecule is COc1c(F)ccc(-n2c(CC(N)=O)nc(N3CCOCC3)cc2=O)c1F. The van der Waals surface area contributed by atoms with Crippen molar-refractivity contribution in [2.75, 3.05) is 38.3 Å². The van der Waals surface area contributed by atoms with Crippen LogP contribution in [0.2, 0.25) is 0 Å². The number of anilines is 1. The predicted molar refractivity (Wildman–Crippen MR) is 92.2 cm³/mol. The van der Waals surface area contributed by atoms with Gasteiger partial charge in [0, 0.05) is 19.2 Å². The normalized spacial score (nSPS) is 14.3. The molecule has 0 atom stereocenters. The van der Waals surface area contributed by atoms with Crippen molar-refractivity contribution in [3.05, 3.63) is 46.0 Å². The Hall–Kier alpha value is -3.01. The molecule has 1 saturated heterocycles. The van der Waals surface area contributed by atoms with Gasteiger partial charge in [0.05, 0.1) is 32.4 Å². The molecule has 0 spiro atoms. The standard InChI is InChI=1S/C17H18F2N4O4/c1-26-17-10(18)2-3-11(16(17)19)23-14(8-12(20)24)21-13(9-15(23)25)22-4-6-27-7-5-22/h2-3,9H,4-8H2,1H3,(H2,20,24). The molecule has 1 aromatic carbocycles. The molecule has 10 heteroatoms. The summed E-state index contributed by atoms with van der Waals surface area (Å²) in [6, 6.07) is 3.27. The molecule has 27 heavy (non-hydrogen) atoms. The van der Waals surface area contributed by atoms with Gasteiger partial charge in [-0.05, 0) is 12.1 Å². The smallest absolute Gasteiger partial charge is 0.260 e. The maximum absolute atomic E-state index is 14.7. The summed E-state index contributed by atoms with van der Waals surface area (Å²) in [5.41, 5.74) is 4.35.